The van der Waals surface area contributed by atoms with Crippen LogP contribution in [-0.4, -0.2) is 0 Å². The lowest BCUT2D eigenvalue weighted by molar-refractivity contribution is 0.410. The summed E-state index contributed by atoms with van der Waals surface area (Å²) in [6.07, 6.45) is 3.07. The van der Waals surface area contributed by atoms with Crippen molar-refractivity contribution in [3.05, 3.63) is 119 Å². The van der Waals surface area contributed by atoms with E-state index in [4.69, 9.17) is 9.15 Å². The SMILES string of the molecule is C1=C(C2=CSc3ccccc3C2c2cc3ccccc3o2)Oc2ccccc2C1. The monoisotopic (exact) mass is 394 g/mol. The molecule has 0 radical (unpaired) electrons. The number of furan rings is 1. The summed E-state index contributed by atoms with van der Waals surface area (Å²) < 4.78 is 12.7. The zero-order chi connectivity index (χ0) is 19.2. The second kappa shape index (κ2) is 6.71. The van der Waals surface area contributed by atoms with E-state index in [1.54, 1.807) is 11.8 Å². The molecule has 0 saturated carbocycles. The molecule has 0 N–H and O–H groups in total. The smallest absolute Gasteiger partial charge is 0.134 e. The van der Waals surface area contributed by atoms with Crippen LogP contribution in [0.5, 0.6) is 5.75 Å². The van der Waals surface area contributed by atoms with E-state index in [2.05, 4.69) is 60.0 Å². The summed E-state index contributed by atoms with van der Waals surface area (Å²) >= 11 is 1.75. The fraction of sp³-hybridized carbons (Fsp3) is 0.0769. The number of rotatable bonds is 2. The van der Waals surface area contributed by atoms with Gasteiger partial charge in [-0.3, -0.25) is 0 Å². The topological polar surface area (TPSA) is 22.4 Å². The van der Waals surface area contributed by atoms with Gasteiger partial charge in [-0.05, 0) is 53.3 Å². The van der Waals surface area contributed by atoms with Gasteiger partial charge in [0.1, 0.15) is 22.9 Å². The van der Waals surface area contributed by atoms with Crippen LogP contribution in [0.15, 0.2) is 111 Å². The Balaban J connectivity index is 1.49. The standard InChI is InChI=1S/C26H18O2S/c1-4-10-21-17(7-1)13-14-23(27-21)20-16-29-25-12-6-3-9-19(25)26(20)24-15-18-8-2-5-11-22(18)28-24/h1-12,14-16,26H,13H2. The van der Waals surface area contributed by atoms with Gasteiger partial charge < -0.3 is 9.15 Å². The Bertz CT molecular complexity index is 1260. The molecule has 0 fully saturated rings. The van der Waals surface area contributed by atoms with Crippen LogP contribution in [0.2, 0.25) is 0 Å². The van der Waals surface area contributed by atoms with Crippen molar-refractivity contribution >= 4 is 22.7 Å². The summed E-state index contributed by atoms with van der Waals surface area (Å²) in [7, 11) is 0. The minimum atomic E-state index is 0.0105. The maximum Gasteiger partial charge on any atom is 0.134 e. The lowest BCUT2D eigenvalue weighted by Crippen LogP contribution is -2.15. The van der Waals surface area contributed by atoms with Crippen molar-refractivity contribution < 1.29 is 9.15 Å². The Labute approximate surface area is 173 Å². The fourth-order valence-corrected chi connectivity index (χ4v) is 5.14. The second-order valence-corrected chi connectivity index (χ2v) is 8.24. The summed E-state index contributed by atoms with van der Waals surface area (Å²) in [6, 6.07) is 27.2. The molecule has 29 heavy (non-hydrogen) atoms. The Morgan fingerprint density at radius 3 is 2.66 bits per heavy atom. The van der Waals surface area contributed by atoms with E-state index in [-0.39, 0.29) is 5.92 Å². The lowest BCUT2D eigenvalue weighted by atomic mass is 9.87. The Morgan fingerprint density at radius 1 is 0.862 bits per heavy atom. The van der Waals surface area contributed by atoms with Gasteiger partial charge in [-0.1, -0.05) is 66.4 Å². The fourth-order valence-electron chi connectivity index (χ4n) is 4.15. The maximum absolute atomic E-state index is 6.35. The largest absolute Gasteiger partial charge is 0.460 e. The third-order valence-corrected chi connectivity index (χ3v) is 6.56. The van der Waals surface area contributed by atoms with Crippen LogP contribution >= 0.6 is 11.8 Å². The molecule has 3 aromatic carbocycles. The quantitative estimate of drug-likeness (QED) is 0.363. The van der Waals surface area contributed by atoms with Crippen molar-refractivity contribution in [2.24, 2.45) is 0 Å². The van der Waals surface area contributed by atoms with Crippen molar-refractivity contribution in [2.75, 3.05) is 0 Å². The van der Waals surface area contributed by atoms with Gasteiger partial charge in [-0.25, -0.2) is 0 Å². The molecule has 3 heteroatoms. The number of hydrogen-bond donors (Lipinski definition) is 0. The molecule has 1 unspecified atom stereocenters. The van der Waals surface area contributed by atoms with Gasteiger partial charge in [-0.15, -0.1) is 0 Å². The van der Waals surface area contributed by atoms with Gasteiger partial charge in [0.15, 0.2) is 0 Å². The molecule has 4 aromatic rings. The van der Waals surface area contributed by atoms with E-state index in [0.717, 1.165) is 40.2 Å². The molecule has 0 aliphatic carbocycles. The average molecular weight is 394 g/mol. The van der Waals surface area contributed by atoms with Gasteiger partial charge in [-0.2, -0.15) is 0 Å². The Kier molecular flexibility index (Phi) is 3.88. The number of benzene rings is 3. The first-order valence-corrected chi connectivity index (χ1v) is 10.7. The minimum absolute atomic E-state index is 0.0105. The van der Waals surface area contributed by atoms with Crippen LogP contribution in [-0.2, 0) is 6.42 Å². The summed E-state index contributed by atoms with van der Waals surface area (Å²) in [5, 5.41) is 3.35. The normalized spacial score (nSPS) is 17.7. The van der Waals surface area contributed by atoms with E-state index in [9.17, 15) is 0 Å². The highest BCUT2D eigenvalue weighted by Gasteiger charge is 2.32. The maximum atomic E-state index is 6.35. The predicted octanol–water partition coefficient (Wildman–Crippen LogP) is 7.07. The van der Waals surface area contributed by atoms with Crippen molar-refractivity contribution in [2.45, 2.75) is 17.2 Å². The molecule has 1 aromatic heterocycles. The molecule has 3 heterocycles. The van der Waals surface area contributed by atoms with Crippen LogP contribution in [0.1, 0.15) is 22.8 Å². The molecule has 140 valence electrons. The van der Waals surface area contributed by atoms with E-state index < -0.39 is 0 Å². The molecule has 0 bridgehead atoms. The predicted molar refractivity (Wildman–Crippen MR) is 117 cm³/mol. The van der Waals surface area contributed by atoms with Crippen molar-refractivity contribution in [3.8, 4) is 5.75 Å². The summed E-state index contributed by atoms with van der Waals surface area (Å²) in [5.74, 6) is 2.83. The van der Waals surface area contributed by atoms with E-state index in [1.165, 1.54) is 16.0 Å². The Morgan fingerprint density at radius 2 is 1.69 bits per heavy atom. The van der Waals surface area contributed by atoms with Crippen LogP contribution in [0.4, 0.5) is 0 Å². The van der Waals surface area contributed by atoms with Crippen LogP contribution < -0.4 is 4.74 Å². The highest BCUT2D eigenvalue weighted by atomic mass is 32.2. The first-order valence-electron chi connectivity index (χ1n) is 9.77. The van der Waals surface area contributed by atoms with Crippen molar-refractivity contribution in [1.29, 1.82) is 0 Å². The third kappa shape index (κ3) is 2.81. The van der Waals surface area contributed by atoms with Gasteiger partial charge >= 0.3 is 0 Å². The van der Waals surface area contributed by atoms with Crippen LogP contribution in [0, 0.1) is 0 Å². The van der Waals surface area contributed by atoms with Crippen molar-refractivity contribution in [3.63, 3.8) is 0 Å². The molecule has 0 spiro atoms. The summed E-state index contributed by atoms with van der Waals surface area (Å²) in [4.78, 5) is 1.26. The Hall–Kier alpha value is -3.17. The zero-order valence-electron chi connectivity index (χ0n) is 15.7. The van der Waals surface area contributed by atoms with Gasteiger partial charge in [0.25, 0.3) is 0 Å². The number of fused-ring (bicyclic) bond motifs is 3. The first-order chi connectivity index (χ1) is 14.4. The molecule has 1 atom stereocenters. The number of thioether (sulfide) groups is 1. The molecular formula is C26H18O2S. The minimum Gasteiger partial charge on any atom is -0.460 e. The third-order valence-electron chi connectivity index (χ3n) is 5.57. The lowest BCUT2D eigenvalue weighted by Gasteiger charge is -2.28. The van der Waals surface area contributed by atoms with Crippen LogP contribution in [0.3, 0.4) is 0 Å². The summed E-state index contributed by atoms with van der Waals surface area (Å²) in [5.41, 5.74) is 4.56. The molecule has 6 rings (SSSR count). The number of allylic oxidation sites excluding steroid dienone is 2. The van der Waals surface area contributed by atoms with Gasteiger partial charge in [0.2, 0.25) is 0 Å². The number of hydrogen-bond acceptors (Lipinski definition) is 3. The molecule has 0 amide bonds. The van der Waals surface area contributed by atoms with Crippen molar-refractivity contribution in [1.82, 2.24) is 0 Å². The van der Waals surface area contributed by atoms with E-state index >= 15 is 0 Å². The van der Waals surface area contributed by atoms with Gasteiger partial charge in [0, 0.05) is 15.9 Å². The summed E-state index contributed by atoms with van der Waals surface area (Å²) in [6.45, 7) is 0. The molecule has 2 aliphatic rings. The van der Waals surface area contributed by atoms with E-state index in [1.807, 2.05) is 30.3 Å². The number of para-hydroxylation sites is 2. The second-order valence-electron chi connectivity index (χ2n) is 7.33. The number of ether oxygens (including phenoxy) is 1. The highest BCUT2D eigenvalue weighted by Crippen LogP contribution is 2.48. The van der Waals surface area contributed by atoms with E-state index in [0.29, 0.717) is 0 Å². The molecule has 2 aliphatic heterocycles. The molecule has 0 saturated heterocycles. The highest BCUT2D eigenvalue weighted by molar-refractivity contribution is 8.02. The average Bonchev–Trinajstić information content (AvgIpc) is 3.22. The molecule has 2 nitrogen and oxygen atoms in total. The van der Waals surface area contributed by atoms with Crippen LogP contribution in [0.25, 0.3) is 11.0 Å². The van der Waals surface area contributed by atoms with Gasteiger partial charge in [0.05, 0.1) is 5.92 Å². The zero-order valence-corrected chi connectivity index (χ0v) is 16.5. The first kappa shape index (κ1) is 16.8. The molecular weight excluding hydrogens is 376 g/mol.